The van der Waals surface area contributed by atoms with Gasteiger partial charge in [0.2, 0.25) is 0 Å². The molecule has 1 unspecified atom stereocenters. The standard InChI is InChI=1S/C11H10FNO4/c1-5(11(16)17)13-8-3-2-6(12)4-7(8)9(14)10(13)15/h2-5,11,16-17H,1H3. The molecule has 0 radical (unpaired) electrons. The van der Waals surface area contributed by atoms with Crippen LogP contribution in [0.25, 0.3) is 0 Å². The Morgan fingerprint density at radius 3 is 2.53 bits per heavy atom. The van der Waals surface area contributed by atoms with Gasteiger partial charge in [-0.2, -0.15) is 0 Å². The molecule has 2 rings (SSSR count). The van der Waals surface area contributed by atoms with Gasteiger partial charge in [0.25, 0.3) is 11.7 Å². The molecule has 1 heterocycles. The second-order valence-electron chi connectivity index (χ2n) is 3.82. The summed E-state index contributed by atoms with van der Waals surface area (Å²) in [6.07, 6.45) is -1.78. The molecule has 1 aliphatic rings. The molecule has 1 aromatic rings. The lowest BCUT2D eigenvalue weighted by molar-refractivity contribution is -0.117. The highest BCUT2D eigenvalue weighted by Gasteiger charge is 2.40. The van der Waals surface area contributed by atoms with E-state index in [-0.39, 0.29) is 11.3 Å². The average Bonchev–Trinajstić information content (AvgIpc) is 2.51. The van der Waals surface area contributed by atoms with Crippen LogP contribution in [-0.2, 0) is 4.79 Å². The van der Waals surface area contributed by atoms with E-state index in [1.54, 1.807) is 0 Å². The summed E-state index contributed by atoms with van der Waals surface area (Å²) in [5.74, 6) is -2.35. The van der Waals surface area contributed by atoms with Gasteiger partial charge in [0.05, 0.1) is 17.3 Å². The van der Waals surface area contributed by atoms with Gasteiger partial charge >= 0.3 is 0 Å². The van der Waals surface area contributed by atoms with Crippen LogP contribution in [0.2, 0.25) is 0 Å². The summed E-state index contributed by atoms with van der Waals surface area (Å²) in [7, 11) is 0. The van der Waals surface area contributed by atoms with Crippen LogP contribution < -0.4 is 4.90 Å². The number of hydrogen-bond donors (Lipinski definition) is 2. The van der Waals surface area contributed by atoms with E-state index in [1.807, 2.05) is 0 Å². The van der Waals surface area contributed by atoms with Crippen LogP contribution in [0, 0.1) is 5.82 Å². The van der Waals surface area contributed by atoms with Crippen molar-refractivity contribution in [1.29, 1.82) is 0 Å². The quantitative estimate of drug-likeness (QED) is 0.565. The third kappa shape index (κ3) is 1.71. The number of carbonyl (C=O) groups excluding carboxylic acids is 2. The zero-order valence-corrected chi connectivity index (χ0v) is 8.92. The molecule has 0 bridgehead atoms. The lowest BCUT2D eigenvalue weighted by atomic mass is 10.1. The molecule has 5 nitrogen and oxygen atoms in total. The van der Waals surface area contributed by atoms with Crippen LogP contribution in [0.15, 0.2) is 18.2 Å². The van der Waals surface area contributed by atoms with Crippen LogP contribution in [0.3, 0.4) is 0 Å². The summed E-state index contributed by atoms with van der Waals surface area (Å²) >= 11 is 0. The van der Waals surface area contributed by atoms with Crippen molar-refractivity contribution < 1.29 is 24.2 Å². The summed E-state index contributed by atoms with van der Waals surface area (Å²) in [5.41, 5.74) is 0.143. The molecule has 0 saturated carbocycles. The van der Waals surface area contributed by atoms with Gasteiger partial charge < -0.3 is 10.2 Å². The fourth-order valence-electron chi connectivity index (χ4n) is 1.77. The predicted molar refractivity (Wildman–Crippen MR) is 55.9 cm³/mol. The van der Waals surface area contributed by atoms with E-state index in [9.17, 15) is 14.0 Å². The molecule has 6 heteroatoms. The fourth-order valence-corrected chi connectivity index (χ4v) is 1.77. The highest BCUT2D eigenvalue weighted by molar-refractivity contribution is 6.52. The molecule has 0 fully saturated rings. The van der Waals surface area contributed by atoms with E-state index < -0.39 is 29.8 Å². The molecule has 0 saturated heterocycles. The first-order chi connectivity index (χ1) is 7.93. The largest absolute Gasteiger partial charge is 0.366 e. The summed E-state index contributed by atoms with van der Waals surface area (Å²) in [6.45, 7) is 1.38. The van der Waals surface area contributed by atoms with Crippen LogP contribution in [0.4, 0.5) is 10.1 Å². The molecule has 1 aliphatic heterocycles. The zero-order valence-electron chi connectivity index (χ0n) is 8.92. The Bertz CT molecular complexity index is 500. The van der Waals surface area contributed by atoms with E-state index >= 15 is 0 Å². The van der Waals surface area contributed by atoms with Crippen molar-refractivity contribution in [1.82, 2.24) is 0 Å². The van der Waals surface area contributed by atoms with Gasteiger partial charge in [-0.1, -0.05) is 0 Å². The van der Waals surface area contributed by atoms with Crippen molar-refractivity contribution in [2.75, 3.05) is 4.90 Å². The van der Waals surface area contributed by atoms with E-state index in [0.29, 0.717) is 0 Å². The van der Waals surface area contributed by atoms with Crippen molar-refractivity contribution in [2.24, 2.45) is 0 Å². The molecule has 0 spiro atoms. The number of fused-ring (bicyclic) bond motifs is 1. The minimum absolute atomic E-state index is 0.0532. The van der Waals surface area contributed by atoms with E-state index in [2.05, 4.69) is 0 Å². The monoisotopic (exact) mass is 239 g/mol. The van der Waals surface area contributed by atoms with Gasteiger partial charge in [-0.15, -0.1) is 0 Å². The van der Waals surface area contributed by atoms with E-state index in [0.717, 1.165) is 17.0 Å². The number of ketones is 1. The van der Waals surface area contributed by atoms with Gasteiger partial charge in [-0.05, 0) is 25.1 Å². The summed E-state index contributed by atoms with van der Waals surface area (Å²) < 4.78 is 13.0. The number of Topliss-reactive ketones (excluding diaryl/α,β-unsaturated/α-hetero) is 1. The van der Waals surface area contributed by atoms with Crippen molar-refractivity contribution in [2.45, 2.75) is 19.3 Å². The van der Waals surface area contributed by atoms with Gasteiger partial charge in [0, 0.05) is 0 Å². The topological polar surface area (TPSA) is 77.8 Å². The number of amides is 1. The Morgan fingerprint density at radius 1 is 1.29 bits per heavy atom. The number of aliphatic hydroxyl groups is 2. The molecule has 0 aromatic heterocycles. The second kappa shape index (κ2) is 3.90. The van der Waals surface area contributed by atoms with Crippen molar-refractivity contribution in [3.05, 3.63) is 29.6 Å². The predicted octanol–water partition coefficient (Wildman–Crippen LogP) is 0.0542. The van der Waals surface area contributed by atoms with Crippen molar-refractivity contribution in [3.8, 4) is 0 Å². The molecule has 17 heavy (non-hydrogen) atoms. The van der Waals surface area contributed by atoms with Gasteiger partial charge in [-0.3, -0.25) is 14.5 Å². The van der Waals surface area contributed by atoms with Crippen LogP contribution in [-0.4, -0.2) is 34.2 Å². The highest BCUT2D eigenvalue weighted by atomic mass is 19.1. The lowest BCUT2D eigenvalue weighted by Crippen LogP contribution is -2.44. The lowest BCUT2D eigenvalue weighted by Gasteiger charge is -2.25. The Morgan fingerprint density at radius 2 is 1.94 bits per heavy atom. The first kappa shape index (κ1) is 11.7. The van der Waals surface area contributed by atoms with E-state index in [1.165, 1.54) is 13.0 Å². The van der Waals surface area contributed by atoms with E-state index in [4.69, 9.17) is 10.2 Å². The number of hydrogen-bond acceptors (Lipinski definition) is 4. The summed E-state index contributed by atoms with van der Waals surface area (Å²) in [4.78, 5) is 24.2. The van der Waals surface area contributed by atoms with Crippen molar-refractivity contribution >= 4 is 17.4 Å². The van der Waals surface area contributed by atoms with Crippen molar-refractivity contribution in [3.63, 3.8) is 0 Å². The third-order valence-corrected chi connectivity index (χ3v) is 2.71. The molecule has 1 aromatic carbocycles. The minimum atomic E-state index is -1.78. The zero-order chi connectivity index (χ0) is 12.7. The number of anilines is 1. The average molecular weight is 239 g/mol. The summed E-state index contributed by atoms with van der Waals surface area (Å²) in [5, 5.41) is 18.1. The normalized spacial score (nSPS) is 16.6. The Labute approximate surface area is 96.1 Å². The smallest absolute Gasteiger partial charge is 0.299 e. The molecule has 2 N–H and O–H groups in total. The Hall–Kier alpha value is -1.79. The number of rotatable bonds is 2. The SMILES string of the molecule is CC(C(O)O)N1C(=O)C(=O)c2cc(F)ccc21. The van der Waals surface area contributed by atoms with Gasteiger partial charge in [0.1, 0.15) is 5.82 Å². The summed E-state index contributed by atoms with van der Waals surface area (Å²) in [6, 6.07) is 2.37. The molecular weight excluding hydrogens is 229 g/mol. The number of aliphatic hydroxyl groups excluding tert-OH is 1. The first-order valence-electron chi connectivity index (χ1n) is 4.97. The van der Waals surface area contributed by atoms with Crippen LogP contribution in [0.1, 0.15) is 17.3 Å². The molecular formula is C11H10FNO4. The maximum Gasteiger partial charge on any atom is 0.299 e. The molecule has 0 aliphatic carbocycles. The highest BCUT2D eigenvalue weighted by Crippen LogP contribution is 2.31. The molecule has 1 atom stereocenters. The second-order valence-corrected chi connectivity index (χ2v) is 3.82. The van der Waals surface area contributed by atoms with Crippen LogP contribution in [0.5, 0.6) is 0 Å². The van der Waals surface area contributed by atoms with Crippen LogP contribution >= 0.6 is 0 Å². The fraction of sp³-hybridized carbons (Fsp3) is 0.273. The number of nitrogens with zero attached hydrogens (tertiary/aromatic N) is 1. The maximum atomic E-state index is 13.0. The Balaban J connectivity index is 2.52. The minimum Gasteiger partial charge on any atom is -0.366 e. The third-order valence-electron chi connectivity index (χ3n) is 2.71. The number of benzene rings is 1. The molecule has 90 valence electrons. The molecule has 1 amide bonds. The number of carbonyl (C=O) groups is 2. The maximum absolute atomic E-state index is 13.0. The van der Waals surface area contributed by atoms with Gasteiger partial charge in [-0.25, -0.2) is 4.39 Å². The first-order valence-corrected chi connectivity index (χ1v) is 4.97. The van der Waals surface area contributed by atoms with Gasteiger partial charge in [0.15, 0.2) is 6.29 Å². The number of halogens is 1. The Kier molecular flexibility index (Phi) is 2.68.